The lowest BCUT2D eigenvalue weighted by Crippen LogP contribution is -2.41. The minimum absolute atomic E-state index is 0.119. The fourth-order valence-corrected chi connectivity index (χ4v) is 8.47. The third-order valence-electron chi connectivity index (χ3n) is 13.0. The Morgan fingerprint density at radius 3 is 1.10 bits per heavy atom. The Morgan fingerprint density at radius 1 is 0.412 bits per heavy atom. The molecule has 0 saturated carbocycles. The molecule has 2 fully saturated rings. The Morgan fingerprint density at radius 2 is 0.745 bits per heavy atom. The largest absolute Gasteiger partial charge is 0.494 e. The molecule has 1 spiro atoms. The molecule has 4 aliphatic rings. The van der Waals surface area contributed by atoms with Gasteiger partial charge in [0.15, 0.2) is 0 Å². The zero-order valence-corrected chi connectivity index (χ0v) is 31.1. The SMILES string of the molecule is CC1(C)OB(c2ccc(-c3ccc4c(c3)C3(Cc5ccccc5C3)c3cc(-c5ccc(B6OC(C)(C)C(C)(C)O6)cc5)ccc3-4)cc2)OC1(C)C. The van der Waals surface area contributed by atoms with Crippen LogP contribution in [0, 0.1) is 0 Å². The van der Waals surface area contributed by atoms with Crippen molar-refractivity contribution in [3.05, 3.63) is 131 Å². The van der Waals surface area contributed by atoms with Crippen molar-refractivity contribution < 1.29 is 18.6 Å². The van der Waals surface area contributed by atoms with Gasteiger partial charge in [-0.25, -0.2) is 0 Å². The first-order valence-corrected chi connectivity index (χ1v) is 18.4. The standard InChI is InChI=1S/C45H46B2O4/c1-41(2)42(3,4)49-46(48-41)35-19-13-29(14-20-35)31-17-23-37-38-24-18-32(30-15-21-36(22-16-30)47-50-43(5,6)44(7,8)51-47)26-40(38)45(39(37)25-31)27-33-11-9-10-12-34(33)28-45/h9-26H,27-28H2,1-8H3. The second-order valence-corrected chi connectivity index (χ2v) is 17.1. The molecule has 0 unspecified atom stereocenters. The number of benzene rings is 5. The van der Waals surface area contributed by atoms with Crippen molar-refractivity contribution in [2.24, 2.45) is 0 Å². The van der Waals surface area contributed by atoms with Crippen molar-refractivity contribution in [2.75, 3.05) is 0 Å². The average molecular weight is 672 g/mol. The van der Waals surface area contributed by atoms with Gasteiger partial charge in [-0.15, -0.1) is 0 Å². The Bertz CT molecular complexity index is 1990. The van der Waals surface area contributed by atoms with E-state index in [1.54, 1.807) is 0 Å². The maximum atomic E-state index is 6.34. The molecule has 5 aromatic rings. The first-order chi connectivity index (χ1) is 24.2. The summed E-state index contributed by atoms with van der Waals surface area (Å²) in [7, 11) is -0.735. The highest BCUT2D eigenvalue weighted by atomic mass is 16.7. The van der Waals surface area contributed by atoms with E-state index in [9.17, 15) is 0 Å². The van der Waals surface area contributed by atoms with E-state index in [4.69, 9.17) is 18.6 Å². The topological polar surface area (TPSA) is 36.9 Å². The predicted octanol–water partition coefficient (Wildman–Crippen LogP) is 8.68. The summed E-state index contributed by atoms with van der Waals surface area (Å²) in [5.41, 5.74) is 13.8. The van der Waals surface area contributed by atoms with Gasteiger partial charge in [-0.2, -0.15) is 0 Å². The first-order valence-electron chi connectivity index (χ1n) is 18.4. The lowest BCUT2D eigenvalue weighted by atomic mass is 9.74. The molecule has 2 aliphatic heterocycles. The molecule has 256 valence electrons. The van der Waals surface area contributed by atoms with Crippen LogP contribution in [-0.2, 0) is 36.9 Å². The minimum atomic E-state index is -0.368. The zero-order chi connectivity index (χ0) is 35.6. The summed E-state index contributed by atoms with van der Waals surface area (Å²) >= 11 is 0. The summed E-state index contributed by atoms with van der Waals surface area (Å²) in [5, 5.41) is 0. The molecule has 0 bridgehead atoms. The van der Waals surface area contributed by atoms with Gasteiger partial charge >= 0.3 is 14.2 Å². The Labute approximate surface area is 303 Å². The van der Waals surface area contributed by atoms with Crippen LogP contribution in [-0.4, -0.2) is 36.6 Å². The maximum Gasteiger partial charge on any atom is 0.494 e. The lowest BCUT2D eigenvalue weighted by molar-refractivity contribution is 0.00578. The minimum Gasteiger partial charge on any atom is -0.399 e. The van der Waals surface area contributed by atoms with Crippen LogP contribution in [0.3, 0.4) is 0 Å². The van der Waals surface area contributed by atoms with E-state index in [0.29, 0.717) is 0 Å². The predicted molar refractivity (Wildman–Crippen MR) is 209 cm³/mol. The number of rotatable bonds is 4. The molecule has 9 rings (SSSR count). The molecule has 0 amide bonds. The molecule has 0 N–H and O–H groups in total. The smallest absolute Gasteiger partial charge is 0.399 e. The summed E-state index contributed by atoms with van der Waals surface area (Å²) < 4.78 is 25.4. The summed E-state index contributed by atoms with van der Waals surface area (Å²) in [6.07, 6.45) is 2.00. The Hall–Kier alpha value is -3.93. The van der Waals surface area contributed by atoms with Gasteiger partial charge in [-0.3, -0.25) is 0 Å². The van der Waals surface area contributed by atoms with Crippen molar-refractivity contribution in [2.45, 2.75) is 96.1 Å². The van der Waals surface area contributed by atoms with E-state index in [0.717, 1.165) is 23.8 Å². The number of hydrogen-bond acceptors (Lipinski definition) is 4. The molecule has 2 saturated heterocycles. The maximum absolute atomic E-state index is 6.34. The van der Waals surface area contributed by atoms with Crippen molar-refractivity contribution in [1.29, 1.82) is 0 Å². The van der Waals surface area contributed by atoms with Gasteiger partial charge in [-0.1, -0.05) is 97.1 Å². The molecule has 0 radical (unpaired) electrons. The molecule has 51 heavy (non-hydrogen) atoms. The highest BCUT2D eigenvalue weighted by Crippen LogP contribution is 2.56. The van der Waals surface area contributed by atoms with Crippen LogP contribution in [0.1, 0.15) is 77.6 Å². The van der Waals surface area contributed by atoms with Crippen molar-refractivity contribution in [3.8, 4) is 33.4 Å². The van der Waals surface area contributed by atoms with Crippen LogP contribution >= 0.6 is 0 Å². The molecule has 0 atom stereocenters. The van der Waals surface area contributed by atoms with E-state index >= 15 is 0 Å². The van der Waals surface area contributed by atoms with Gasteiger partial charge in [0.2, 0.25) is 0 Å². The van der Waals surface area contributed by atoms with Gasteiger partial charge in [0.05, 0.1) is 22.4 Å². The summed E-state index contributed by atoms with van der Waals surface area (Å²) in [6, 6.07) is 40.7. The Balaban J connectivity index is 1.06. The number of fused-ring (bicyclic) bond motifs is 6. The van der Waals surface area contributed by atoms with Crippen LogP contribution in [0.25, 0.3) is 33.4 Å². The third kappa shape index (κ3) is 5.05. The second-order valence-electron chi connectivity index (χ2n) is 17.1. The quantitative estimate of drug-likeness (QED) is 0.179. The first kappa shape index (κ1) is 32.9. The van der Waals surface area contributed by atoms with Crippen molar-refractivity contribution in [1.82, 2.24) is 0 Å². The fraction of sp³-hybridized carbons (Fsp3) is 0.333. The average Bonchev–Trinajstić information content (AvgIpc) is 3.76. The van der Waals surface area contributed by atoms with Crippen molar-refractivity contribution >= 4 is 25.2 Å². The van der Waals surface area contributed by atoms with Crippen LogP contribution in [0.4, 0.5) is 0 Å². The van der Waals surface area contributed by atoms with E-state index in [2.05, 4.69) is 165 Å². The zero-order valence-electron chi connectivity index (χ0n) is 31.1. The lowest BCUT2D eigenvalue weighted by Gasteiger charge is -2.32. The molecule has 4 nitrogen and oxygen atoms in total. The molecule has 0 aromatic heterocycles. The second kappa shape index (κ2) is 11.0. The van der Waals surface area contributed by atoms with Gasteiger partial charge in [-0.05, 0) is 147 Å². The normalized spacial score (nSPS) is 21.2. The van der Waals surface area contributed by atoms with Crippen LogP contribution in [0.15, 0.2) is 109 Å². The van der Waals surface area contributed by atoms with Crippen LogP contribution in [0.5, 0.6) is 0 Å². The molecule has 2 aliphatic carbocycles. The summed E-state index contributed by atoms with van der Waals surface area (Å²) in [5.74, 6) is 0. The van der Waals surface area contributed by atoms with Gasteiger partial charge < -0.3 is 18.6 Å². The summed E-state index contributed by atoms with van der Waals surface area (Å²) in [4.78, 5) is 0. The molecular formula is C45H46B2O4. The highest BCUT2D eigenvalue weighted by molar-refractivity contribution is 6.62. The van der Waals surface area contributed by atoms with Crippen molar-refractivity contribution in [3.63, 3.8) is 0 Å². The van der Waals surface area contributed by atoms with E-state index in [-0.39, 0.29) is 42.1 Å². The number of hydrogen-bond donors (Lipinski definition) is 0. The van der Waals surface area contributed by atoms with E-state index in [1.165, 1.54) is 55.6 Å². The summed E-state index contributed by atoms with van der Waals surface area (Å²) in [6.45, 7) is 16.8. The molecular weight excluding hydrogens is 626 g/mol. The highest BCUT2D eigenvalue weighted by Gasteiger charge is 2.53. The monoisotopic (exact) mass is 672 g/mol. The van der Waals surface area contributed by atoms with Crippen LogP contribution in [0.2, 0.25) is 0 Å². The van der Waals surface area contributed by atoms with Crippen LogP contribution < -0.4 is 10.9 Å². The van der Waals surface area contributed by atoms with Gasteiger partial charge in [0.1, 0.15) is 0 Å². The van der Waals surface area contributed by atoms with Gasteiger partial charge in [0, 0.05) is 5.41 Å². The fourth-order valence-electron chi connectivity index (χ4n) is 8.47. The molecule has 2 heterocycles. The van der Waals surface area contributed by atoms with E-state index < -0.39 is 0 Å². The molecule has 6 heteroatoms. The third-order valence-corrected chi connectivity index (χ3v) is 13.0. The Kier molecular flexibility index (Phi) is 7.13. The molecule has 5 aromatic carbocycles. The van der Waals surface area contributed by atoms with E-state index in [1.807, 2.05) is 0 Å². The van der Waals surface area contributed by atoms with Gasteiger partial charge in [0.25, 0.3) is 0 Å².